The predicted octanol–water partition coefficient (Wildman–Crippen LogP) is 3.76. The van der Waals surface area contributed by atoms with Crippen molar-refractivity contribution < 1.29 is 14.0 Å². The normalized spacial score (nSPS) is 13.1. The molecule has 4 nitrogen and oxygen atoms in total. The van der Waals surface area contributed by atoms with Gasteiger partial charge in [0.25, 0.3) is 0 Å². The van der Waals surface area contributed by atoms with Crippen LogP contribution in [-0.2, 0) is 9.59 Å². The zero-order valence-corrected chi connectivity index (χ0v) is 16.1. The lowest BCUT2D eigenvalue weighted by molar-refractivity contribution is -0.127. The van der Waals surface area contributed by atoms with Crippen LogP contribution in [0.1, 0.15) is 46.5 Å². The van der Waals surface area contributed by atoms with Gasteiger partial charge in [-0.2, -0.15) is 0 Å². The number of unbranched alkanes of at least 4 members (excludes halogenated alkanes) is 1. The highest BCUT2D eigenvalue weighted by atomic mass is 32.2. The molecule has 2 atom stereocenters. The van der Waals surface area contributed by atoms with Crippen molar-refractivity contribution in [2.45, 2.75) is 57.4 Å². The molecule has 2 unspecified atom stereocenters. The zero-order chi connectivity index (χ0) is 18.7. The number of benzene rings is 1. The molecule has 0 radical (unpaired) electrons. The van der Waals surface area contributed by atoms with Crippen molar-refractivity contribution in [2.75, 3.05) is 12.3 Å². The Bertz CT molecular complexity index is 537. The van der Waals surface area contributed by atoms with Crippen molar-refractivity contribution in [3.8, 4) is 0 Å². The van der Waals surface area contributed by atoms with Gasteiger partial charge in [0.1, 0.15) is 11.9 Å². The Labute approximate surface area is 154 Å². The van der Waals surface area contributed by atoms with E-state index in [1.54, 1.807) is 12.1 Å². The van der Waals surface area contributed by atoms with Gasteiger partial charge in [0.2, 0.25) is 11.8 Å². The van der Waals surface area contributed by atoms with Gasteiger partial charge in [-0.05, 0) is 36.6 Å². The fourth-order valence-corrected chi connectivity index (χ4v) is 3.37. The molecule has 2 amide bonds. The van der Waals surface area contributed by atoms with Gasteiger partial charge in [-0.25, -0.2) is 4.39 Å². The molecule has 1 aromatic rings. The molecule has 0 spiro atoms. The molecule has 0 aliphatic heterocycles. The van der Waals surface area contributed by atoms with Crippen molar-refractivity contribution in [1.82, 2.24) is 10.6 Å². The molecule has 0 bridgehead atoms. The molecule has 0 saturated carbocycles. The van der Waals surface area contributed by atoms with E-state index in [0.717, 1.165) is 30.6 Å². The largest absolute Gasteiger partial charge is 0.354 e. The Balaban J connectivity index is 2.56. The van der Waals surface area contributed by atoms with Crippen molar-refractivity contribution in [3.05, 3.63) is 30.1 Å². The minimum Gasteiger partial charge on any atom is -0.354 e. The van der Waals surface area contributed by atoms with Gasteiger partial charge < -0.3 is 10.6 Å². The summed E-state index contributed by atoms with van der Waals surface area (Å²) in [5.74, 6) is 0.172. The van der Waals surface area contributed by atoms with Crippen LogP contribution < -0.4 is 10.6 Å². The number of rotatable bonds is 11. The molecule has 0 fully saturated rings. The lowest BCUT2D eigenvalue weighted by Crippen LogP contribution is -2.48. The quantitative estimate of drug-likeness (QED) is 0.585. The first-order chi connectivity index (χ1) is 12.0. The number of amides is 2. The van der Waals surface area contributed by atoms with Crippen LogP contribution in [0.25, 0.3) is 0 Å². The third-order valence-electron chi connectivity index (χ3n) is 4.03. The maximum absolute atomic E-state index is 13.0. The minimum atomic E-state index is -0.601. The van der Waals surface area contributed by atoms with E-state index in [2.05, 4.69) is 24.5 Å². The second kappa shape index (κ2) is 11.9. The molecule has 0 heterocycles. The van der Waals surface area contributed by atoms with Crippen LogP contribution >= 0.6 is 11.8 Å². The van der Waals surface area contributed by atoms with Crippen LogP contribution in [-0.4, -0.2) is 30.2 Å². The Kier molecular flexibility index (Phi) is 10.2. The van der Waals surface area contributed by atoms with E-state index in [1.165, 1.54) is 30.8 Å². The average molecular weight is 369 g/mol. The SMILES string of the molecule is CCCCC(CC)CNC(=O)C(CSc1ccc(F)cc1)NC(C)=O. The monoisotopic (exact) mass is 368 g/mol. The van der Waals surface area contributed by atoms with E-state index in [4.69, 9.17) is 0 Å². The van der Waals surface area contributed by atoms with E-state index in [1.807, 2.05) is 0 Å². The third kappa shape index (κ3) is 8.91. The summed E-state index contributed by atoms with van der Waals surface area (Å²) >= 11 is 1.42. The van der Waals surface area contributed by atoms with Gasteiger partial charge in [0.15, 0.2) is 0 Å². The molecule has 0 aliphatic rings. The van der Waals surface area contributed by atoms with Gasteiger partial charge in [-0.3, -0.25) is 9.59 Å². The Hall–Kier alpha value is -1.56. The number of thioether (sulfide) groups is 1. The van der Waals surface area contributed by atoms with Gasteiger partial charge >= 0.3 is 0 Å². The van der Waals surface area contributed by atoms with Crippen molar-refractivity contribution in [3.63, 3.8) is 0 Å². The number of nitrogens with one attached hydrogen (secondary N) is 2. The maximum Gasteiger partial charge on any atom is 0.243 e. The van der Waals surface area contributed by atoms with E-state index < -0.39 is 6.04 Å². The first-order valence-electron chi connectivity index (χ1n) is 8.89. The lowest BCUT2D eigenvalue weighted by atomic mass is 9.99. The molecule has 140 valence electrons. The minimum absolute atomic E-state index is 0.167. The summed E-state index contributed by atoms with van der Waals surface area (Å²) in [5, 5.41) is 5.67. The highest BCUT2D eigenvalue weighted by Crippen LogP contribution is 2.19. The summed E-state index contributed by atoms with van der Waals surface area (Å²) in [7, 11) is 0. The van der Waals surface area contributed by atoms with Crippen LogP contribution in [0.5, 0.6) is 0 Å². The Morgan fingerprint density at radius 3 is 2.44 bits per heavy atom. The van der Waals surface area contributed by atoms with Crippen LogP contribution in [0.2, 0.25) is 0 Å². The summed E-state index contributed by atoms with van der Waals surface area (Å²) in [6, 6.07) is 5.50. The average Bonchev–Trinajstić information content (AvgIpc) is 2.59. The first-order valence-corrected chi connectivity index (χ1v) is 9.88. The standard InChI is InChI=1S/C19H29FN2O2S/c1-4-6-7-15(5-2)12-21-19(24)18(22-14(3)23)13-25-17-10-8-16(20)9-11-17/h8-11,15,18H,4-7,12-13H2,1-3H3,(H,21,24)(H,22,23). The van der Waals surface area contributed by atoms with Gasteiger partial charge in [-0.1, -0.05) is 33.1 Å². The summed E-state index contributed by atoms with van der Waals surface area (Å²) in [6.07, 6.45) is 4.43. The summed E-state index contributed by atoms with van der Waals surface area (Å²) in [4.78, 5) is 24.7. The number of hydrogen-bond donors (Lipinski definition) is 2. The summed E-state index contributed by atoms with van der Waals surface area (Å²) in [6.45, 7) is 6.32. The highest BCUT2D eigenvalue weighted by Gasteiger charge is 2.20. The van der Waals surface area contributed by atoms with E-state index >= 15 is 0 Å². The van der Waals surface area contributed by atoms with Gasteiger partial charge in [0, 0.05) is 24.1 Å². The summed E-state index contributed by atoms with van der Waals surface area (Å²) in [5.41, 5.74) is 0. The van der Waals surface area contributed by atoms with Crippen molar-refractivity contribution in [1.29, 1.82) is 0 Å². The van der Waals surface area contributed by atoms with Crippen LogP contribution in [0.4, 0.5) is 4.39 Å². The van der Waals surface area contributed by atoms with Crippen molar-refractivity contribution >= 4 is 23.6 Å². The Morgan fingerprint density at radius 1 is 1.20 bits per heavy atom. The second-order valence-corrected chi connectivity index (χ2v) is 7.27. The number of halogens is 1. The topological polar surface area (TPSA) is 58.2 Å². The van der Waals surface area contributed by atoms with Gasteiger partial charge in [-0.15, -0.1) is 11.8 Å². The fraction of sp³-hybridized carbons (Fsp3) is 0.579. The van der Waals surface area contributed by atoms with Gasteiger partial charge in [0.05, 0.1) is 0 Å². The first kappa shape index (κ1) is 21.5. The molecule has 0 aromatic heterocycles. The molecular weight excluding hydrogens is 339 g/mol. The number of carbonyl (C=O) groups excluding carboxylic acids is 2. The van der Waals surface area contributed by atoms with Crippen LogP contribution in [0.15, 0.2) is 29.2 Å². The van der Waals surface area contributed by atoms with Crippen LogP contribution in [0, 0.1) is 11.7 Å². The fourth-order valence-electron chi connectivity index (χ4n) is 2.45. The molecule has 1 aromatic carbocycles. The predicted molar refractivity (Wildman–Crippen MR) is 101 cm³/mol. The number of carbonyl (C=O) groups is 2. The van der Waals surface area contributed by atoms with E-state index in [9.17, 15) is 14.0 Å². The molecular formula is C19H29FN2O2S. The third-order valence-corrected chi connectivity index (χ3v) is 5.14. The lowest BCUT2D eigenvalue weighted by Gasteiger charge is -2.20. The summed E-state index contributed by atoms with van der Waals surface area (Å²) < 4.78 is 13.0. The smallest absolute Gasteiger partial charge is 0.243 e. The van der Waals surface area contributed by atoms with E-state index in [-0.39, 0.29) is 17.6 Å². The van der Waals surface area contributed by atoms with E-state index in [0.29, 0.717) is 18.2 Å². The molecule has 1 rings (SSSR count). The second-order valence-electron chi connectivity index (χ2n) is 6.18. The molecule has 6 heteroatoms. The molecule has 2 N–H and O–H groups in total. The molecule has 0 saturated heterocycles. The maximum atomic E-state index is 13.0. The molecule has 25 heavy (non-hydrogen) atoms. The van der Waals surface area contributed by atoms with Crippen LogP contribution in [0.3, 0.4) is 0 Å². The Morgan fingerprint density at radius 2 is 1.88 bits per heavy atom. The molecule has 0 aliphatic carbocycles. The number of hydrogen-bond acceptors (Lipinski definition) is 3. The highest BCUT2D eigenvalue weighted by molar-refractivity contribution is 7.99. The zero-order valence-electron chi connectivity index (χ0n) is 15.3. The van der Waals surface area contributed by atoms with Crippen molar-refractivity contribution in [2.24, 2.45) is 5.92 Å².